The fourth-order valence-electron chi connectivity index (χ4n) is 2.85. The van der Waals surface area contributed by atoms with Gasteiger partial charge in [0.25, 0.3) is 0 Å². The number of carboxylic acid groups (broad SMARTS) is 1. The van der Waals surface area contributed by atoms with Crippen LogP contribution in [0.15, 0.2) is 36.4 Å². The van der Waals surface area contributed by atoms with Crippen molar-refractivity contribution in [2.45, 2.75) is 25.7 Å². The summed E-state index contributed by atoms with van der Waals surface area (Å²) in [6, 6.07) is 11.2. The lowest BCUT2D eigenvalue weighted by atomic mass is 9.99. The van der Waals surface area contributed by atoms with Crippen molar-refractivity contribution in [2.24, 2.45) is 0 Å². The molecule has 5 heteroatoms. The van der Waals surface area contributed by atoms with E-state index in [4.69, 9.17) is 21.4 Å². The van der Waals surface area contributed by atoms with Gasteiger partial charge in [-0.05, 0) is 48.2 Å². The van der Waals surface area contributed by atoms with E-state index < -0.39 is 5.97 Å². The van der Waals surface area contributed by atoms with Gasteiger partial charge in [-0.2, -0.15) is 0 Å². The molecule has 3 rings (SSSR count). The molecule has 0 bridgehead atoms. The fraction of sp³-hybridized carbons (Fsp3) is 0.263. The van der Waals surface area contributed by atoms with Gasteiger partial charge >= 0.3 is 5.97 Å². The minimum absolute atomic E-state index is 0.0557. The maximum atomic E-state index is 12.0. The Morgan fingerprint density at radius 2 is 1.88 bits per heavy atom. The molecule has 0 spiro atoms. The van der Waals surface area contributed by atoms with Gasteiger partial charge in [0.1, 0.15) is 5.75 Å². The molecule has 124 valence electrons. The Kier molecular flexibility index (Phi) is 4.86. The lowest BCUT2D eigenvalue weighted by Crippen LogP contribution is -2.04. The van der Waals surface area contributed by atoms with Crippen molar-refractivity contribution >= 4 is 23.4 Å². The van der Waals surface area contributed by atoms with Crippen molar-refractivity contribution in [1.29, 1.82) is 0 Å². The molecule has 0 aliphatic heterocycles. The summed E-state index contributed by atoms with van der Waals surface area (Å²) in [5, 5.41) is 9.37. The quantitative estimate of drug-likeness (QED) is 0.790. The van der Waals surface area contributed by atoms with E-state index in [0.717, 1.165) is 23.1 Å². The number of aryl methyl sites for hydroxylation is 1. The summed E-state index contributed by atoms with van der Waals surface area (Å²) in [5.74, 6) is -0.111. The maximum absolute atomic E-state index is 12.0. The first-order chi connectivity index (χ1) is 11.5. The number of Topliss-reactive ketones (excluding diaryl/α,β-unsaturated/α-hetero) is 1. The van der Waals surface area contributed by atoms with E-state index >= 15 is 0 Å². The minimum Gasteiger partial charge on any atom is -0.493 e. The maximum Gasteiger partial charge on any atom is 0.303 e. The Morgan fingerprint density at radius 3 is 2.58 bits per heavy atom. The predicted octanol–water partition coefficient (Wildman–Crippen LogP) is 4.38. The predicted molar refractivity (Wildman–Crippen MR) is 91.9 cm³/mol. The van der Waals surface area contributed by atoms with E-state index in [9.17, 15) is 9.59 Å². The number of ether oxygens (including phenoxy) is 1. The number of carboxylic acids is 1. The smallest absolute Gasteiger partial charge is 0.303 e. The molecule has 4 nitrogen and oxygen atoms in total. The van der Waals surface area contributed by atoms with Crippen molar-refractivity contribution in [3.05, 3.63) is 52.5 Å². The third kappa shape index (κ3) is 3.60. The zero-order valence-corrected chi connectivity index (χ0v) is 13.8. The van der Waals surface area contributed by atoms with Crippen LogP contribution in [0.25, 0.3) is 11.1 Å². The van der Waals surface area contributed by atoms with Crippen LogP contribution in [0.3, 0.4) is 0 Å². The first-order valence-electron chi connectivity index (χ1n) is 7.85. The minimum atomic E-state index is -0.847. The van der Waals surface area contributed by atoms with Crippen LogP contribution in [0.5, 0.6) is 5.75 Å². The molecule has 0 radical (unpaired) electrons. The van der Waals surface area contributed by atoms with Gasteiger partial charge in [-0.3, -0.25) is 9.59 Å². The van der Waals surface area contributed by atoms with Gasteiger partial charge < -0.3 is 9.84 Å². The van der Waals surface area contributed by atoms with E-state index in [1.165, 1.54) is 0 Å². The number of carbonyl (C=O) groups is 2. The normalized spacial score (nSPS) is 13.0. The van der Waals surface area contributed by atoms with Crippen LogP contribution in [-0.2, 0) is 11.2 Å². The summed E-state index contributed by atoms with van der Waals surface area (Å²) in [4.78, 5) is 22.6. The summed E-state index contributed by atoms with van der Waals surface area (Å²) in [7, 11) is 0. The van der Waals surface area contributed by atoms with Gasteiger partial charge in [0.15, 0.2) is 5.78 Å². The van der Waals surface area contributed by atoms with Crippen LogP contribution in [0.2, 0.25) is 5.02 Å². The first-order valence-corrected chi connectivity index (χ1v) is 8.23. The second kappa shape index (κ2) is 7.05. The number of benzene rings is 2. The van der Waals surface area contributed by atoms with Crippen molar-refractivity contribution in [3.63, 3.8) is 0 Å². The highest BCUT2D eigenvalue weighted by Gasteiger charge is 2.22. The largest absolute Gasteiger partial charge is 0.493 e. The molecule has 2 aromatic carbocycles. The van der Waals surface area contributed by atoms with E-state index in [2.05, 4.69) is 0 Å². The van der Waals surface area contributed by atoms with Crippen LogP contribution in [0, 0.1) is 0 Å². The summed E-state index contributed by atoms with van der Waals surface area (Å²) < 4.78 is 5.80. The molecule has 1 aliphatic rings. The Labute approximate surface area is 145 Å². The Hall–Kier alpha value is -2.33. The van der Waals surface area contributed by atoms with E-state index in [1.807, 2.05) is 30.3 Å². The molecular formula is C19H17ClO4. The number of aliphatic carboxylic acids is 1. The Morgan fingerprint density at radius 1 is 1.12 bits per heavy atom. The standard InChI is InChI=1S/C19H17ClO4/c20-14-6-3-12(4-7-14)16-10-13-5-8-17(21)15(13)11-18(16)24-9-1-2-19(22)23/h3-4,6-7,10-11H,1-2,5,8-9H2,(H,22,23). The number of carbonyl (C=O) groups excluding carboxylic acids is 1. The zero-order valence-electron chi connectivity index (χ0n) is 13.0. The number of ketones is 1. The third-order valence-corrected chi connectivity index (χ3v) is 4.33. The number of hydrogen-bond acceptors (Lipinski definition) is 3. The number of hydrogen-bond donors (Lipinski definition) is 1. The molecule has 2 aromatic rings. The summed E-state index contributed by atoms with van der Waals surface area (Å²) >= 11 is 5.95. The van der Waals surface area contributed by atoms with Crippen LogP contribution in [-0.4, -0.2) is 23.5 Å². The molecule has 1 N–H and O–H groups in total. The molecule has 1 aliphatic carbocycles. The van der Waals surface area contributed by atoms with E-state index in [-0.39, 0.29) is 12.2 Å². The molecule has 0 saturated heterocycles. The second-order valence-electron chi connectivity index (χ2n) is 5.78. The van der Waals surface area contributed by atoms with Crippen molar-refractivity contribution in [1.82, 2.24) is 0 Å². The molecule has 24 heavy (non-hydrogen) atoms. The SMILES string of the molecule is O=C(O)CCCOc1cc2c(cc1-c1ccc(Cl)cc1)CCC2=O. The van der Waals surface area contributed by atoms with Gasteiger partial charge in [0.2, 0.25) is 0 Å². The summed E-state index contributed by atoms with van der Waals surface area (Å²) in [6.45, 7) is 0.292. The van der Waals surface area contributed by atoms with Gasteiger partial charge in [0, 0.05) is 29.0 Å². The highest BCUT2D eigenvalue weighted by atomic mass is 35.5. The van der Waals surface area contributed by atoms with Crippen LogP contribution < -0.4 is 4.74 Å². The Bertz CT molecular complexity index is 781. The third-order valence-electron chi connectivity index (χ3n) is 4.07. The topological polar surface area (TPSA) is 63.6 Å². The molecule has 0 amide bonds. The van der Waals surface area contributed by atoms with Gasteiger partial charge in [-0.25, -0.2) is 0 Å². The van der Waals surface area contributed by atoms with Crippen LogP contribution in [0.1, 0.15) is 35.2 Å². The lowest BCUT2D eigenvalue weighted by molar-refractivity contribution is -0.137. The molecular weight excluding hydrogens is 328 g/mol. The van der Waals surface area contributed by atoms with Crippen LogP contribution in [0.4, 0.5) is 0 Å². The molecule has 0 aromatic heterocycles. The van der Waals surface area contributed by atoms with Gasteiger partial charge in [0.05, 0.1) is 6.61 Å². The average Bonchev–Trinajstić information content (AvgIpc) is 2.92. The fourth-order valence-corrected chi connectivity index (χ4v) is 2.98. The molecule has 0 heterocycles. The van der Waals surface area contributed by atoms with Crippen molar-refractivity contribution in [2.75, 3.05) is 6.61 Å². The highest BCUT2D eigenvalue weighted by molar-refractivity contribution is 6.30. The summed E-state index contributed by atoms with van der Waals surface area (Å²) in [6.07, 6.45) is 1.74. The number of rotatable bonds is 6. The molecule has 0 unspecified atom stereocenters. The van der Waals surface area contributed by atoms with E-state index in [0.29, 0.717) is 35.8 Å². The Balaban J connectivity index is 1.91. The van der Waals surface area contributed by atoms with Gasteiger partial charge in [-0.1, -0.05) is 23.7 Å². The molecule has 0 saturated carbocycles. The van der Waals surface area contributed by atoms with Crippen molar-refractivity contribution in [3.8, 4) is 16.9 Å². The zero-order chi connectivity index (χ0) is 17.1. The lowest BCUT2D eigenvalue weighted by Gasteiger charge is -2.14. The van der Waals surface area contributed by atoms with E-state index in [1.54, 1.807) is 6.07 Å². The van der Waals surface area contributed by atoms with Crippen LogP contribution >= 0.6 is 11.6 Å². The first kappa shape index (κ1) is 16.5. The molecule has 0 atom stereocenters. The van der Waals surface area contributed by atoms with Crippen molar-refractivity contribution < 1.29 is 19.4 Å². The molecule has 0 fully saturated rings. The monoisotopic (exact) mass is 344 g/mol. The number of fused-ring (bicyclic) bond motifs is 1. The van der Waals surface area contributed by atoms with Gasteiger partial charge in [-0.15, -0.1) is 0 Å². The summed E-state index contributed by atoms with van der Waals surface area (Å²) in [5.41, 5.74) is 3.59. The highest BCUT2D eigenvalue weighted by Crippen LogP contribution is 2.36. The second-order valence-corrected chi connectivity index (χ2v) is 6.22. The average molecular weight is 345 g/mol. The number of halogens is 1.